The van der Waals surface area contributed by atoms with Gasteiger partial charge >= 0.3 is 0 Å². The SMILES string of the molecule is COc1ccc(C(=O)NCCCCCBr)cc1O. The van der Waals surface area contributed by atoms with E-state index in [2.05, 4.69) is 21.2 Å². The van der Waals surface area contributed by atoms with Gasteiger partial charge in [-0.15, -0.1) is 0 Å². The van der Waals surface area contributed by atoms with Crippen LogP contribution in [0, 0.1) is 0 Å². The van der Waals surface area contributed by atoms with Crippen LogP contribution in [0.15, 0.2) is 18.2 Å². The molecular weight excluding hydrogens is 298 g/mol. The van der Waals surface area contributed by atoms with Crippen LogP contribution in [0.25, 0.3) is 0 Å². The van der Waals surface area contributed by atoms with Gasteiger partial charge in [-0.05, 0) is 31.0 Å². The Kier molecular flexibility index (Phi) is 6.57. The van der Waals surface area contributed by atoms with Gasteiger partial charge in [0, 0.05) is 17.4 Å². The van der Waals surface area contributed by atoms with E-state index in [-0.39, 0.29) is 11.7 Å². The minimum Gasteiger partial charge on any atom is -0.504 e. The van der Waals surface area contributed by atoms with Gasteiger partial charge in [0.05, 0.1) is 7.11 Å². The van der Waals surface area contributed by atoms with E-state index < -0.39 is 0 Å². The lowest BCUT2D eigenvalue weighted by molar-refractivity contribution is 0.0952. The number of nitrogens with one attached hydrogen (secondary N) is 1. The predicted octanol–water partition coefficient (Wildman–Crippen LogP) is 2.70. The van der Waals surface area contributed by atoms with E-state index in [1.165, 1.54) is 13.2 Å². The van der Waals surface area contributed by atoms with Gasteiger partial charge in [0.15, 0.2) is 11.5 Å². The lowest BCUT2D eigenvalue weighted by atomic mass is 10.2. The zero-order valence-corrected chi connectivity index (χ0v) is 12.0. The molecule has 0 spiro atoms. The van der Waals surface area contributed by atoms with Crippen molar-refractivity contribution < 1.29 is 14.6 Å². The quantitative estimate of drug-likeness (QED) is 0.601. The molecule has 100 valence electrons. The number of carbonyl (C=O) groups is 1. The number of hydrogen-bond donors (Lipinski definition) is 2. The summed E-state index contributed by atoms with van der Waals surface area (Å²) in [5.41, 5.74) is 0.439. The van der Waals surface area contributed by atoms with Gasteiger partial charge in [-0.2, -0.15) is 0 Å². The van der Waals surface area contributed by atoms with E-state index in [0.717, 1.165) is 24.6 Å². The molecule has 0 aromatic heterocycles. The minimum absolute atomic E-state index is 0.0237. The Bertz CT molecular complexity index is 396. The van der Waals surface area contributed by atoms with Crippen molar-refractivity contribution in [3.05, 3.63) is 23.8 Å². The van der Waals surface area contributed by atoms with Crippen LogP contribution in [0.4, 0.5) is 0 Å². The molecular formula is C13H18BrNO3. The first kappa shape index (κ1) is 14.8. The van der Waals surface area contributed by atoms with Gasteiger partial charge in [0.1, 0.15) is 0 Å². The van der Waals surface area contributed by atoms with Crippen molar-refractivity contribution in [1.29, 1.82) is 0 Å². The third-order valence-electron chi connectivity index (χ3n) is 2.54. The third kappa shape index (κ3) is 4.56. The van der Waals surface area contributed by atoms with E-state index in [1.54, 1.807) is 12.1 Å². The fourth-order valence-electron chi connectivity index (χ4n) is 1.53. The number of methoxy groups -OCH3 is 1. The predicted molar refractivity (Wildman–Crippen MR) is 74.6 cm³/mol. The molecule has 0 unspecified atom stereocenters. The van der Waals surface area contributed by atoms with Crippen LogP contribution in [0.3, 0.4) is 0 Å². The number of carbonyl (C=O) groups excluding carboxylic acids is 1. The number of benzene rings is 1. The van der Waals surface area contributed by atoms with E-state index in [4.69, 9.17) is 4.74 Å². The Morgan fingerprint density at radius 2 is 2.17 bits per heavy atom. The number of unbranched alkanes of at least 4 members (excludes halogenated alkanes) is 2. The monoisotopic (exact) mass is 315 g/mol. The minimum atomic E-state index is -0.174. The van der Waals surface area contributed by atoms with E-state index in [9.17, 15) is 9.90 Å². The Labute approximate surface area is 115 Å². The molecule has 5 heteroatoms. The Morgan fingerprint density at radius 3 is 2.78 bits per heavy atom. The largest absolute Gasteiger partial charge is 0.504 e. The average molecular weight is 316 g/mol. The van der Waals surface area contributed by atoms with Gasteiger partial charge in [-0.25, -0.2) is 0 Å². The van der Waals surface area contributed by atoms with Crippen LogP contribution in [-0.2, 0) is 0 Å². The van der Waals surface area contributed by atoms with Gasteiger partial charge in [0.25, 0.3) is 5.91 Å². The number of hydrogen-bond acceptors (Lipinski definition) is 3. The molecule has 18 heavy (non-hydrogen) atoms. The molecule has 0 radical (unpaired) electrons. The Hall–Kier alpha value is -1.23. The highest BCUT2D eigenvalue weighted by atomic mass is 79.9. The summed E-state index contributed by atoms with van der Waals surface area (Å²) in [6.45, 7) is 0.651. The fourth-order valence-corrected chi connectivity index (χ4v) is 1.93. The number of halogens is 1. The molecule has 1 amide bonds. The highest BCUT2D eigenvalue weighted by Crippen LogP contribution is 2.26. The molecule has 4 nitrogen and oxygen atoms in total. The van der Waals surface area contributed by atoms with Crippen molar-refractivity contribution in [2.75, 3.05) is 19.0 Å². The van der Waals surface area contributed by atoms with E-state index >= 15 is 0 Å². The van der Waals surface area contributed by atoms with Crippen molar-refractivity contribution in [2.24, 2.45) is 0 Å². The van der Waals surface area contributed by atoms with Crippen molar-refractivity contribution >= 4 is 21.8 Å². The zero-order chi connectivity index (χ0) is 13.4. The summed E-state index contributed by atoms with van der Waals surface area (Å²) in [4.78, 5) is 11.8. The van der Waals surface area contributed by atoms with Crippen LogP contribution in [0.1, 0.15) is 29.6 Å². The topological polar surface area (TPSA) is 58.6 Å². The second-order valence-electron chi connectivity index (χ2n) is 3.89. The van der Waals surface area contributed by atoms with E-state index in [0.29, 0.717) is 17.9 Å². The van der Waals surface area contributed by atoms with Gasteiger partial charge in [-0.1, -0.05) is 22.4 Å². The molecule has 1 rings (SSSR count). The summed E-state index contributed by atoms with van der Waals surface area (Å²) in [6, 6.07) is 4.62. The zero-order valence-electron chi connectivity index (χ0n) is 10.4. The number of rotatable bonds is 7. The first-order chi connectivity index (χ1) is 8.69. The number of ether oxygens (including phenoxy) is 1. The number of phenolic OH excluding ortho intramolecular Hbond substituents is 1. The first-order valence-corrected chi connectivity index (χ1v) is 7.02. The van der Waals surface area contributed by atoms with Crippen LogP contribution < -0.4 is 10.1 Å². The normalized spacial score (nSPS) is 10.1. The molecule has 1 aromatic carbocycles. The lowest BCUT2D eigenvalue weighted by Crippen LogP contribution is -2.24. The summed E-state index contributed by atoms with van der Waals surface area (Å²) in [7, 11) is 1.47. The average Bonchev–Trinajstić information content (AvgIpc) is 2.38. The molecule has 0 heterocycles. The second kappa shape index (κ2) is 7.97. The smallest absolute Gasteiger partial charge is 0.251 e. The van der Waals surface area contributed by atoms with Gasteiger partial charge in [-0.3, -0.25) is 4.79 Å². The lowest BCUT2D eigenvalue weighted by Gasteiger charge is -2.07. The summed E-state index contributed by atoms with van der Waals surface area (Å²) < 4.78 is 4.92. The Balaban J connectivity index is 2.44. The second-order valence-corrected chi connectivity index (χ2v) is 4.69. The Morgan fingerprint density at radius 1 is 1.39 bits per heavy atom. The van der Waals surface area contributed by atoms with Crippen LogP contribution in [-0.4, -0.2) is 30.0 Å². The number of aromatic hydroxyl groups is 1. The van der Waals surface area contributed by atoms with E-state index in [1.807, 2.05) is 0 Å². The molecule has 0 bridgehead atoms. The van der Waals surface area contributed by atoms with Gasteiger partial charge < -0.3 is 15.2 Å². The maximum atomic E-state index is 11.8. The van der Waals surface area contributed by atoms with Crippen molar-refractivity contribution in [3.63, 3.8) is 0 Å². The molecule has 0 aliphatic heterocycles. The molecule has 2 N–H and O–H groups in total. The summed E-state index contributed by atoms with van der Waals surface area (Å²) in [6.07, 6.45) is 3.15. The van der Waals surface area contributed by atoms with Gasteiger partial charge in [0.2, 0.25) is 0 Å². The van der Waals surface area contributed by atoms with Crippen molar-refractivity contribution in [1.82, 2.24) is 5.32 Å². The molecule has 0 atom stereocenters. The number of amides is 1. The highest BCUT2D eigenvalue weighted by molar-refractivity contribution is 9.09. The summed E-state index contributed by atoms with van der Waals surface area (Å²) >= 11 is 3.36. The highest BCUT2D eigenvalue weighted by Gasteiger charge is 2.08. The molecule has 0 fully saturated rings. The summed E-state index contributed by atoms with van der Waals surface area (Å²) in [5.74, 6) is 0.167. The standard InChI is InChI=1S/C13H18BrNO3/c1-18-12-6-5-10(9-11(12)16)13(17)15-8-4-2-3-7-14/h5-6,9,16H,2-4,7-8H2,1H3,(H,15,17). The number of phenols is 1. The van der Waals surface area contributed by atoms with Crippen LogP contribution in [0.2, 0.25) is 0 Å². The molecule has 1 aromatic rings. The van der Waals surface area contributed by atoms with Crippen LogP contribution in [0.5, 0.6) is 11.5 Å². The molecule has 0 saturated carbocycles. The number of alkyl halides is 1. The first-order valence-electron chi connectivity index (χ1n) is 5.90. The summed E-state index contributed by atoms with van der Waals surface area (Å²) in [5, 5.41) is 13.4. The van der Waals surface area contributed by atoms with Crippen LogP contribution >= 0.6 is 15.9 Å². The van der Waals surface area contributed by atoms with Crippen molar-refractivity contribution in [2.45, 2.75) is 19.3 Å². The molecule has 0 saturated heterocycles. The van der Waals surface area contributed by atoms with Crippen molar-refractivity contribution in [3.8, 4) is 11.5 Å². The third-order valence-corrected chi connectivity index (χ3v) is 3.10. The maximum Gasteiger partial charge on any atom is 0.251 e. The molecule has 0 aliphatic rings. The molecule has 0 aliphatic carbocycles. The fraction of sp³-hybridized carbons (Fsp3) is 0.462. The maximum absolute atomic E-state index is 11.8.